The van der Waals surface area contributed by atoms with Gasteiger partial charge >= 0.3 is 0 Å². The molecule has 14 heavy (non-hydrogen) atoms. The summed E-state index contributed by atoms with van der Waals surface area (Å²) in [6, 6.07) is 1.11. The van der Waals surface area contributed by atoms with Crippen LogP contribution in [0.25, 0.3) is 0 Å². The highest BCUT2D eigenvalue weighted by molar-refractivity contribution is 4.96. The Kier molecular flexibility index (Phi) is 2.54. The Hall–Kier alpha value is -0.900. The summed E-state index contributed by atoms with van der Waals surface area (Å²) >= 11 is 0. The fourth-order valence-corrected chi connectivity index (χ4v) is 2.04. The lowest BCUT2D eigenvalue weighted by Crippen LogP contribution is -2.41. The van der Waals surface area contributed by atoms with Gasteiger partial charge in [-0.3, -0.25) is 0 Å². The Balaban J connectivity index is 2.05. The highest BCUT2D eigenvalue weighted by Crippen LogP contribution is 2.13. The lowest BCUT2D eigenvalue weighted by Gasteiger charge is -2.25. The summed E-state index contributed by atoms with van der Waals surface area (Å²) in [5.41, 5.74) is 0. The zero-order chi connectivity index (χ0) is 10.1. The van der Waals surface area contributed by atoms with Crippen LogP contribution in [0.3, 0.4) is 0 Å². The van der Waals surface area contributed by atoms with Crippen LogP contribution in [0.4, 0.5) is 0 Å². The van der Waals surface area contributed by atoms with Gasteiger partial charge in [-0.1, -0.05) is 13.8 Å². The Bertz CT molecular complexity index is 316. The van der Waals surface area contributed by atoms with E-state index in [0.717, 1.165) is 24.6 Å². The SMILES string of the molecule is Cc1nc2n(n1)CC(NC(C)C)CC2. The zero-order valence-corrected chi connectivity index (χ0v) is 9.12. The predicted molar refractivity (Wildman–Crippen MR) is 55.1 cm³/mol. The van der Waals surface area contributed by atoms with Crippen LogP contribution in [0, 0.1) is 6.92 Å². The first kappa shape index (κ1) is 9.65. The lowest BCUT2D eigenvalue weighted by atomic mass is 10.1. The van der Waals surface area contributed by atoms with E-state index in [2.05, 4.69) is 29.2 Å². The van der Waals surface area contributed by atoms with Crippen molar-refractivity contribution in [3.63, 3.8) is 0 Å². The van der Waals surface area contributed by atoms with Crippen LogP contribution in [0.2, 0.25) is 0 Å². The fraction of sp³-hybridized carbons (Fsp3) is 0.800. The van der Waals surface area contributed by atoms with Gasteiger partial charge in [-0.2, -0.15) is 5.10 Å². The van der Waals surface area contributed by atoms with Crippen molar-refractivity contribution in [3.05, 3.63) is 11.6 Å². The van der Waals surface area contributed by atoms with Gasteiger partial charge < -0.3 is 5.32 Å². The van der Waals surface area contributed by atoms with E-state index in [1.165, 1.54) is 6.42 Å². The fourth-order valence-electron chi connectivity index (χ4n) is 2.04. The number of nitrogens with one attached hydrogen (secondary N) is 1. The molecule has 1 unspecified atom stereocenters. The molecule has 2 heterocycles. The molecule has 78 valence electrons. The largest absolute Gasteiger partial charge is 0.310 e. The third-order valence-corrected chi connectivity index (χ3v) is 2.53. The van der Waals surface area contributed by atoms with Crippen molar-refractivity contribution >= 4 is 0 Å². The van der Waals surface area contributed by atoms with Gasteiger partial charge in [0.1, 0.15) is 11.6 Å². The highest BCUT2D eigenvalue weighted by Gasteiger charge is 2.20. The van der Waals surface area contributed by atoms with Crippen LogP contribution in [0.1, 0.15) is 31.9 Å². The van der Waals surface area contributed by atoms with E-state index >= 15 is 0 Å². The van der Waals surface area contributed by atoms with Gasteiger partial charge in [0.25, 0.3) is 0 Å². The third-order valence-electron chi connectivity index (χ3n) is 2.53. The third kappa shape index (κ3) is 1.95. The average molecular weight is 194 g/mol. The first-order valence-electron chi connectivity index (χ1n) is 5.31. The maximum absolute atomic E-state index is 4.39. The minimum Gasteiger partial charge on any atom is -0.310 e. The van der Waals surface area contributed by atoms with Crippen LogP contribution in [-0.4, -0.2) is 26.8 Å². The second kappa shape index (κ2) is 3.69. The summed E-state index contributed by atoms with van der Waals surface area (Å²) in [4.78, 5) is 4.39. The summed E-state index contributed by atoms with van der Waals surface area (Å²) in [5, 5.41) is 7.92. The van der Waals surface area contributed by atoms with Gasteiger partial charge in [0, 0.05) is 18.5 Å². The van der Waals surface area contributed by atoms with E-state index in [4.69, 9.17) is 0 Å². The maximum atomic E-state index is 4.39. The first-order chi connectivity index (χ1) is 6.65. The summed E-state index contributed by atoms with van der Waals surface area (Å²) < 4.78 is 2.04. The van der Waals surface area contributed by atoms with E-state index in [1.54, 1.807) is 0 Å². The van der Waals surface area contributed by atoms with Crippen molar-refractivity contribution in [2.45, 2.75) is 52.2 Å². The van der Waals surface area contributed by atoms with Crippen molar-refractivity contribution in [2.24, 2.45) is 0 Å². The molecule has 0 radical (unpaired) electrons. The standard InChI is InChI=1S/C10H18N4/c1-7(2)11-9-4-5-10-12-8(3)13-14(10)6-9/h7,9,11H,4-6H2,1-3H3. The monoisotopic (exact) mass is 194 g/mol. The molecule has 0 bridgehead atoms. The molecule has 1 aliphatic rings. The summed E-state index contributed by atoms with van der Waals surface area (Å²) in [5.74, 6) is 2.04. The molecule has 0 spiro atoms. The molecule has 1 aromatic heterocycles. The molecule has 0 aromatic carbocycles. The van der Waals surface area contributed by atoms with Crippen LogP contribution in [0.15, 0.2) is 0 Å². The van der Waals surface area contributed by atoms with Crippen molar-refractivity contribution in [3.8, 4) is 0 Å². The number of fused-ring (bicyclic) bond motifs is 1. The van der Waals surface area contributed by atoms with E-state index in [9.17, 15) is 0 Å². The molecular weight excluding hydrogens is 176 g/mol. The second-order valence-electron chi connectivity index (χ2n) is 4.31. The van der Waals surface area contributed by atoms with Crippen LogP contribution >= 0.6 is 0 Å². The molecule has 0 fully saturated rings. The van der Waals surface area contributed by atoms with Gasteiger partial charge in [0.15, 0.2) is 0 Å². The van der Waals surface area contributed by atoms with Crippen LogP contribution < -0.4 is 5.32 Å². The Morgan fingerprint density at radius 1 is 1.50 bits per heavy atom. The van der Waals surface area contributed by atoms with E-state index in [0.29, 0.717) is 12.1 Å². The highest BCUT2D eigenvalue weighted by atomic mass is 15.4. The molecule has 1 atom stereocenters. The predicted octanol–water partition coefficient (Wildman–Crippen LogP) is 0.899. The Labute approximate surface area is 84.7 Å². The first-order valence-corrected chi connectivity index (χ1v) is 5.31. The van der Waals surface area contributed by atoms with Crippen molar-refractivity contribution < 1.29 is 0 Å². The second-order valence-corrected chi connectivity index (χ2v) is 4.31. The lowest BCUT2D eigenvalue weighted by molar-refractivity contribution is 0.339. The smallest absolute Gasteiger partial charge is 0.147 e. The van der Waals surface area contributed by atoms with E-state index < -0.39 is 0 Å². The molecule has 4 nitrogen and oxygen atoms in total. The normalized spacial score (nSPS) is 21.3. The van der Waals surface area contributed by atoms with Crippen molar-refractivity contribution in [1.82, 2.24) is 20.1 Å². The minimum atomic E-state index is 0.547. The van der Waals surface area contributed by atoms with E-state index in [1.807, 2.05) is 11.6 Å². The molecule has 0 aliphatic carbocycles. The molecule has 0 amide bonds. The van der Waals surface area contributed by atoms with E-state index in [-0.39, 0.29) is 0 Å². The van der Waals surface area contributed by atoms with Crippen molar-refractivity contribution in [1.29, 1.82) is 0 Å². The van der Waals surface area contributed by atoms with Crippen LogP contribution in [0.5, 0.6) is 0 Å². The topological polar surface area (TPSA) is 42.7 Å². The van der Waals surface area contributed by atoms with Crippen LogP contribution in [-0.2, 0) is 13.0 Å². The summed E-state index contributed by atoms with van der Waals surface area (Å²) in [7, 11) is 0. The maximum Gasteiger partial charge on any atom is 0.147 e. The number of rotatable bonds is 2. The molecule has 1 aromatic rings. The number of hydrogen-bond donors (Lipinski definition) is 1. The van der Waals surface area contributed by atoms with Gasteiger partial charge in [-0.25, -0.2) is 9.67 Å². The molecule has 0 saturated carbocycles. The molecule has 2 rings (SSSR count). The van der Waals surface area contributed by atoms with Gasteiger partial charge in [0.2, 0.25) is 0 Å². The number of aromatic nitrogens is 3. The number of aryl methyl sites for hydroxylation is 2. The Morgan fingerprint density at radius 2 is 2.29 bits per heavy atom. The molecule has 0 saturated heterocycles. The number of hydrogen-bond acceptors (Lipinski definition) is 3. The Morgan fingerprint density at radius 3 is 3.00 bits per heavy atom. The quantitative estimate of drug-likeness (QED) is 0.760. The van der Waals surface area contributed by atoms with Gasteiger partial charge in [-0.15, -0.1) is 0 Å². The molecule has 1 N–H and O–H groups in total. The summed E-state index contributed by atoms with van der Waals surface area (Å²) in [6.45, 7) is 7.29. The average Bonchev–Trinajstić information content (AvgIpc) is 2.42. The van der Waals surface area contributed by atoms with Crippen molar-refractivity contribution in [2.75, 3.05) is 0 Å². The number of nitrogens with zero attached hydrogens (tertiary/aromatic N) is 3. The molecule has 1 aliphatic heterocycles. The summed E-state index contributed by atoms with van der Waals surface area (Å²) in [6.07, 6.45) is 2.22. The van der Waals surface area contributed by atoms with Gasteiger partial charge in [-0.05, 0) is 13.3 Å². The minimum absolute atomic E-state index is 0.547. The molecular formula is C10H18N4. The molecule has 4 heteroatoms. The van der Waals surface area contributed by atoms with Gasteiger partial charge in [0.05, 0.1) is 6.54 Å². The zero-order valence-electron chi connectivity index (χ0n) is 9.12.